The fraction of sp³-hybridized carbons (Fsp3) is 0.118. The number of hydrogen-bond acceptors (Lipinski definition) is 2. The number of rotatable bonds is 3. The number of hydrogen-bond donors (Lipinski definition) is 2. The zero-order chi connectivity index (χ0) is 13.9. The normalized spacial score (nSPS) is 11.9. The lowest BCUT2D eigenvalue weighted by molar-refractivity contribution is 0.318. The van der Waals surface area contributed by atoms with Crippen molar-refractivity contribution < 1.29 is 5.21 Å². The Morgan fingerprint density at radius 3 is 2.50 bits per heavy atom. The molecule has 0 aliphatic carbocycles. The first-order valence-electron chi connectivity index (χ1n) is 6.62. The van der Waals surface area contributed by atoms with Gasteiger partial charge in [-0.05, 0) is 18.6 Å². The molecule has 0 saturated carbocycles. The molecule has 0 amide bonds. The zero-order valence-electron chi connectivity index (χ0n) is 11.3. The first-order chi connectivity index (χ1) is 9.79. The van der Waals surface area contributed by atoms with Crippen LogP contribution in [0.1, 0.15) is 16.8 Å². The first-order valence-corrected chi connectivity index (χ1v) is 6.62. The van der Waals surface area contributed by atoms with Crippen molar-refractivity contribution in [3.8, 4) is 0 Å². The number of nitrogens with zero attached hydrogens (tertiary/aromatic N) is 1. The van der Waals surface area contributed by atoms with E-state index in [0.717, 1.165) is 27.7 Å². The Balaban J connectivity index is 2.06. The zero-order valence-corrected chi connectivity index (χ0v) is 11.3. The number of aromatic amines is 1. The molecule has 0 saturated heterocycles. The van der Waals surface area contributed by atoms with E-state index in [2.05, 4.69) is 10.1 Å². The van der Waals surface area contributed by atoms with Crippen LogP contribution in [0, 0.1) is 6.92 Å². The van der Waals surface area contributed by atoms with Crippen LogP contribution in [0.25, 0.3) is 10.9 Å². The summed E-state index contributed by atoms with van der Waals surface area (Å²) in [6.07, 6.45) is 0.611. The van der Waals surface area contributed by atoms with Gasteiger partial charge in [-0.1, -0.05) is 53.7 Å². The summed E-state index contributed by atoms with van der Waals surface area (Å²) < 4.78 is 0. The Bertz CT molecular complexity index is 757. The maximum atomic E-state index is 9.42. The number of oxime groups is 1. The second-order valence-electron chi connectivity index (χ2n) is 4.88. The third-order valence-corrected chi connectivity index (χ3v) is 3.52. The van der Waals surface area contributed by atoms with Gasteiger partial charge in [0.25, 0.3) is 0 Å². The Labute approximate surface area is 117 Å². The monoisotopic (exact) mass is 264 g/mol. The van der Waals surface area contributed by atoms with Gasteiger partial charge >= 0.3 is 0 Å². The van der Waals surface area contributed by atoms with Gasteiger partial charge in [-0.3, -0.25) is 0 Å². The van der Waals surface area contributed by atoms with Crippen molar-refractivity contribution in [2.45, 2.75) is 13.3 Å². The van der Waals surface area contributed by atoms with Crippen LogP contribution in [0.4, 0.5) is 0 Å². The summed E-state index contributed by atoms with van der Waals surface area (Å²) in [4.78, 5) is 3.34. The number of aromatic nitrogens is 1. The number of H-pyrrole nitrogens is 1. The number of para-hydroxylation sites is 1. The summed E-state index contributed by atoms with van der Waals surface area (Å²) in [5.74, 6) is 0. The molecule has 3 heteroatoms. The van der Waals surface area contributed by atoms with E-state index < -0.39 is 0 Å². The average molecular weight is 264 g/mol. The van der Waals surface area contributed by atoms with Gasteiger partial charge in [0.05, 0.1) is 5.71 Å². The molecular formula is C17H16N2O. The second kappa shape index (κ2) is 5.21. The number of aryl methyl sites for hydroxylation is 1. The quantitative estimate of drug-likeness (QED) is 0.421. The van der Waals surface area contributed by atoms with Crippen LogP contribution in [0.15, 0.2) is 59.8 Å². The molecule has 20 heavy (non-hydrogen) atoms. The van der Waals surface area contributed by atoms with Gasteiger partial charge < -0.3 is 10.2 Å². The fourth-order valence-corrected chi connectivity index (χ4v) is 2.61. The van der Waals surface area contributed by atoms with Crippen molar-refractivity contribution in [1.82, 2.24) is 4.98 Å². The Morgan fingerprint density at radius 1 is 1.05 bits per heavy atom. The molecule has 0 bridgehead atoms. The molecule has 0 aliphatic rings. The van der Waals surface area contributed by atoms with E-state index in [-0.39, 0.29) is 0 Å². The van der Waals surface area contributed by atoms with Crippen LogP contribution in [0.5, 0.6) is 0 Å². The minimum absolute atomic E-state index is 0.611. The number of benzene rings is 2. The van der Waals surface area contributed by atoms with E-state index in [4.69, 9.17) is 0 Å². The molecule has 1 heterocycles. The van der Waals surface area contributed by atoms with Crippen LogP contribution >= 0.6 is 0 Å². The van der Waals surface area contributed by atoms with Gasteiger partial charge in [0.2, 0.25) is 0 Å². The molecule has 0 radical (unpaired) electrons. The SMILES string of the molecule is Cc1[nH]c2ccccc2c1/C(Cc1ccccc1)=N/O. The van der Waals surface area contributed by atoms with Gasteiger partial charge in [0.15, 0.2) is 0 Å². The van der Waals surface area contributed by atoms with Gasteiger partial charge in [-0.25, -0.2) is 0 Å². The highest BCUT2D eigenvalue weighted by atomic mass is 16.4. The molecule has 3 nitrogen and oxygen atoms in total. The largest absolute Gasteiger partial charge is 0.411 e. The smallest absolute Gasteiger partial charge is 0.0935 e. The molecule has 1 aromatic heterocycles. The summed E-state index contributed by atoms with van der Waals surface area (Å²) in [6.45, 7) is 2.01. The van der Waals surface area contributed by atoms with E-state index in [0.29, 0.717) is 12.1 Å². The molecular weight excluding hydrogens is 248 g/mol. The molecule has 0 unspecified atom stereocenters. The predicted molar refractivity (Wildman–Crippen MR) is 81.5 cm³/mol. The summed E-state index contributed by atoms with van der Waals surface area (Å²) >= 11 is 0. The van der Waals surface area contributed by atoms with Crippen molar-refractivity contribution in [2.24, 2.45) is 5.16 Å². The Hall–Kier alpha value is -2.55. The lowest BCUT2D eigenvalue weighted by Crippen LogP contribution is -2.06. The minimum atomic E-state index is 0.611. The maximum absolute atomic E-state index is 9.42. The summed E-state index contributed by atoms with van der Waals surface area (Å²) in [7, 11) is 0. The van der Waals surface area contributed by atoms with E-state index in [1.54, 1.807) is 0 Å². The average Bonchev–Trinajstić information content (AvgIpc) is 2.82. The van der Waals surface area contributed by atoms with Crippen molar-refractivity contribution in [2.75, 3.05) is 0 Å². The van der Waals surface area contributed by atoms with Crippen LogP contribution < -0.4 is 0 Å². The lowest BCUT2D eigenvalue weighted by Gasteiger charge is -2.05. The van der Waals surface area contributed by atoms with Gasteiger partial charge in [0, 0.05) is 28.6 Å². The van der Waals surface area contributed by atoms with E-state index in [1.165, 1.54) is 0 Å². The molecule has 3 rings (SSSR count). The Morgan fingerprint density at radius 2 is 1.75 bits per heavy atom. The van der Waals surface area contributed by atoms with Crippen molar-refractivity contribution in [1.29, 1.82) is 0 Å². The van der Waals surface area contributed by atoms with E-state index >= 15 is 0 Å². The van der Waals surface area contributed by atoms with Gasteiger partial charge in [0.1, 0.15) is 0 Å². The minimum Gasteiger partial charge on any atom is -0.411 e. The number of fused-ring (bicyclic) bond motifs is 1. The maximum Gasteiger partial charge on any atom is 0.0935 e. The molecule has 2 aromatic carbocycles. The molecule has 0 spiro atoms. The van der Waals surface area contributed by atoms with E-state index in [9.17, 15) is 5.21 Å². The van der Waals surface area contributed by atoms with Crippen LogP contribution in [0.2, 0.25) is 0 Å². The third-order valence-electron chi connectivity index (χ3n) is 3.52. The highest BCUT2D eigenvalue weighted by molar-refractivity contribution is 6.12. The summed E-state index contributed by atoms with van der Waals surface area (Å²) in [6, 6.07) is 18.1. The molecule has 0 fully saturated rings. The summed E-state index contributed by atoms with van der Waals surface area (Å²) in [5.41, 5.74) is 4.90. The predicted octanol–water partition coefficient (Wildman–Crippen LogP) is 3.90. The Kier molecular flexibility index (Phi) is 3.25. The highest BCUT2D eigenvalue weighted by Gasteiger charge is 2.14. The fourth-order valence-electron chi connectivity index (χ4n) is 2.61. The third kappa shape index (κ3) is 2.18. The van der Waals surface area contributed by atoms with Crippen molar-refractivity contribution in [3.63, 3.8) is 0 Å². The van der Waals surface area contributed by atoms with Crippen molar-refractivity contribution in [3.05, 3.63) is 71.4 Å². The molecule has 100 valence electrons. The van der Waals surface area contributed by atoms with Gasteiger partial charge in [-0.2, -0.15) is 0 Å². The topological polar surface area (TPSA) is 48.4 Å². The standard InChI is InChI=1S/C17H16N2O/c1-12-17(14-9-5-6-10-15(14)18-12)16(19-20)11-13-7-3-2-4-8-13/h2-10,18,20H,11H2,1H3/b19-16+. The second-order valence-corrected chi connectivity index (χ2v) is 4.88. The van der Waals surface area contributed by atoms with Crippen LogP contribution in [0.3, 0.4) is 0 Å². The molecule has 0 atom stereocenters. The van der Waals surface area contributed by atoms with Crippen molar-refractivity contribution >= 4 is 16.6 Å². The lowest BCUT2D eigenvalue weighted by atomic mass is 10.00. The molecule has 0 aliphatic heterocycles. The van der Waals surface area contributed by atoms with Gasteiger partial charge in [-0.15, -0.1) is 0 Å². The van der Waals surface area contributed by atoms with Crippen LogP contribution in [-0.2, 0) is 6.42 Å². The van der Waals surface area contributed by atoms with Crippen LogP contribution in [-0.4, -0.2) is 15.9 Å². The number of nitrogens with one attached hydrogen (secondary N) is 1. The molecule has 3 aromatic rings. The highest BCUT2D eigenvalue weighted by Crippen LogP contribution is 2.23. The summed E-state index contributed by atoms with van der Waals surface area (Å²) in [5, 5.41) is 14.0. The molecule has 2 N–H and O–H groups in total. The first kappa shape index (κ1) is 12.5. The van der Waals surface area contributed by atoms with E-state index in [1.807, 2.05) is 61.5 Å².